The van der Waals surface area contributed by atoms with Gasteiger partial charge in [-0.25, -0.2) is 4.39 Å². The molecule has 352 valence electrons. The highest BCUT2D eigenvalue weighted by atomic mass is 19.1. The standard InChI is InChI=1S/C55H74FNO5.CO2/c1-33(2)45-41(59)32-55(57-48(61)49(3,4)31-40(58)35-17-19-37(56)20-18-35)28-27-53(10)38(46(45)55)21-22-43-52(9)25-24-44(51(7,8)42(52)23-26-54(43,53)11)62-47(60)39-30-36(50(39,5)6)29-34-15-13-12-14-16-34;2-1-3/h12-20,33,36,38-39,42-44H,21-32H2,1-11H3,(H,57,61);/t36-,38-,39-,42+,43-,44+,52+,53-,54-,55-;/m1./s1. The van der Waals surface area contributed by atoms with Gasteiger partial charge in [0.2, 0.25) is 5.91 Å². The molecular formula is C56H74FNO7. The number of nitrogens with one attached hydrogen (secondary N) is 1. The Bertz CT molecular complexity index is 2250. The lowest BCUT2D eigenvalue weighted by Gasteiger charge is -2.72. The molecule has 10 atom stereocenters. The largest absolute Gasteiger partial charge is 0.462 e. The zero-order valence-corrected chi connectivity index (χ0v) is 41.0. The molecule has 0 aliphatic heterocycles. The lowest BCUT2D eigenvalue weighted by molar-refractivity contribution is -0.235. The topological polar surface area (TPSA) is 124 Å². The van der Waals surface area contributed by atoms with Crippen LogP contribution in [0.3, 0.4) is 0 Å². The van der Waals surface area contributed by atoms with Crippen molar-refractivity contribution in [3.63, 3.8) is 0 Å². The monoisotopic (exact) mass is 892 g/mol. The van der Waals surface area contributed by atoms with Crippen LogP contribution < -0.4 is 5.32 Å². The van der Waals surface area contributed by atoms with E-state index in [9.17, 15) is 23.6 Å². The van der Waals surface area contributed by atoms with E-state index in [1.54, 1.807) is 13.8 Å². The lowest BCUT2D eigenvalue weighted by atomic mass is 9.33. The van der Waals surface area contributed by atoms with Gasteiger partial charge in [0.1, 0.15) is 11.9 Å². The zero-order valence-electron chi connectivity index (χ0n) is 41.0. The second-order valence-electron chi connectivity index (χ2n) is 24.1. The molecular weight excluding hydrogens is 818 g/mol. The fourth-order valence-electron chi connectivity index (χ4n) is 15.4. The molecule has 0 bridgehead atoms. The van der Waals surface area contributed by atoms with Crippen LogP contribution in [0.5, 0.6) is 0 Å². The van der Waals surface area contributed by atoms with E-state index in [1.165, 1.54) is 35.4 Å². The normalized spacial score (nSPS) is 35.4. The Balaban J connectivity index is 0.00000204. The van der Waals surface area contributed by atoms with Gasteiger partial charge in [0.05, 0.1) is 16.9 Å². The Morgan fingerprint density at radius 2 is 1.46 bits per heavy atom. The van der Waals surface area contributed by atoms with Gasteiger partial charge in [0, 0.05) is 23.8 Å². The van der Waals surface area contributed by atoms with Crippen molar-refractivity contribution in [2.24, 2.45) is 68.0 Å². The first-order valence-corrected chi connectivity index (χ1v) is 24.5. The Morgan fingerprint density at radius 3 is 2.08 bits per heavy atom. The first kappa shape index (κ1) is 48.7. The number of ketones is 2. The van der Waals surface area contributed by atoms with Crippen LogP contribution in [0.25, 0.3) is 0 Å². The summed E-state index contributed by atoms with van der Waals surface area (Å²) in [6.45, 7) is 24.8. The molecule has 2 aromatic carbocycles. The van der Waals surface area contributed by atoms with E-state index in [2.05, 4.69) is 98.0 Å². The average molecular weight is 892 g/mol. The van der Waals surface area contributed by atoms with E-state index in [0.717, 1.165) is 63.4 Å². The number of Topliss-reactive ketones (excluding diaryl/α,β-unsaturated/α-hetero) is 2. The van der Waals surface area contributed by atoms with E-state index in [0.29, 0.717) is 29.7 Å². The number of hydrogen-bond acceptors (Lipinski definition) is 7. The quantitative estimate of drug-likeness (QED) is 0.186. The fourth-order valence-corrected chi connectivity index (χ4v) is 15.4. The molecule has 0 radical (unpaired) electrons. The van der Waals surface area contributed by atoms with E-state index < -0.39 is 16.8 Å². The number of esters is 1. The molecule has 0 saturated heterocycles. The molecule has 1 amide bonds. The van der Waals surface area contributed by atoms with Gasteiger partial charge in [0.25, 0.3) is 0 Å². The van der Waals surface area contributed by atoms with E-state index in [4.69, 9.17) is 14.3 Å². The second-order valence-corrected chi connectivity index (χ2v) is 24.1. The minimum atomic E-state index is -1.04. The molecule has 5 fully saturated rings. The lowest BCUT2D eigenvalue weighted by Crippen LogP contribution is -2.67. The van der Waals surface area contributed by atoms with Crippen LogP contribution in [0.2, 0.25) is 0 Å². The summed E-state index contributed by atoms with van der Waals surface area (Å²) in [6.07, 6.45) is 10.0. The number of benzene rings is 2. The van der Waals surface area contributed by atoms with Crippen molar-refractivity contribution in [3.8, 4) is 0 Å². The molecule has 9 heteroatoms. The SMILES string of the molecule is CC(C)C1=C2[C@H]3CC[C@@H]4[C@@]5(C)CC[C@H](OC(=O)[C@H]6C[C@@H](Cc7ccccc7)C6(C)C)C(C)(C)[C@@H]5CC[C@@]4(C)[C@]3(C)CC[C@@]2(NC(=O)C(C)(C)CC(=O)c2ccc(F)cc2)CC1=O.O=C=O. The van der Waals surface area contributed by atoms with Gasteiger partial charge in [-0.05, 0) is 156 Å². The van der Waals surface area contributed by atoms with Gasteiger partial charge in [-0.3, -0.25) is 19.2 Å². The van der Waals surface area contributed by atoms with Crippen molar-refractivity contribution in [1.82, 2.24) is 5.32 Å². The van der Waals surface area contributed by atoms with Gasteiger partial charge in [-0.2, -0.15) is 9.59 Å². The maximum Gasteiger partial charge on any atom is 0.373 e. The van der Waals surface area contributed by atoms with Crippen molar-refractivity contribution in [1.29, 1.82) is 0 Å². The molecule has 0 spiro atoms. The number of fused-ring (bicyclic) bond motifs is 7. The highest BCUT2D eigenvalue weighted by Crippen LogP contribution is 2.76. The average Bonchev–Trinajstić information content (AvgIpc) is 3.53. The molecule has 0 aromatic heterocycles. The van der Waals surface area contributed by atoms with Crippen LogP contribution in [-0.4, -0.2) is 41.2 Å². The van der Waals surface area contributed by atoms with Crippen molar-refractivity contribution in [3.05, 3.63) is 82.7 Å². The molecule has 0 heterocycles. The van der Waals surface area contributed by atoms with Crippen LogP contribution >= 0.6 is 0 Å². The van der Waals surface area contributed by atoms with Crippen molar-refractivity contribution >= 4 is 29.6 Å². The predicted molar refractivity (Wildman–Crippen MR) is 247 cm³/mol. The Morgan fingerprint density at radius 1 is 0.815 bits per heavy atom. The summed E-state index contributed by atoms with van der Waals surface area (Å²) in [6, 6.07) is 16.1. The molecule has 8 nitrogen and oxygen atoms in total. The first-order valence-electron chi connectivity index (χ1n) is 24.5. The predicted octanol–water partition coefficient (Wildman–Crippen LogP) is 11.5. The van der Waals surface area contributed by atoms with Crippen molar-refractivity contribution in [2.75, 3.05) is 0 Å². The van der Waals surface area contributed by atoms with Gasteiger partial charge < -0.3 is 10.1 Å². The highest BCUT2D eigenvalue weighted by Gasteiger charge is 2.70. The number of hydrogen-bond donors (Lipinski definition) is 1. The van der Waals surface area contributed by atoms with Crippen LogP contribution in [0, 0.1) is 73.8 Å². The summed E-state index contributed by atoms with van der Waals surface area (Å²) in [5.41, 5.74) is 1.75. The smallest absolute Gasteiger partial charge is 0.373 e. The Kier molecular flexibility index (Phi) is 12.8. The van der Waals surface area contributed by atoms with Crippen LogP contribution in [0.4, 0.5) is 4.39 Å². The van der Waals surface area contributed by atoms with Gasteiger partial charge in [-0.15, -0.1) is 0 Å². The van der Waals surface area contributed by atoms with Crippen LogP contribution in [0.15, 0.2) is 65.7 Å². The maximum atomic E-state index is 14.4. The van der Waals surface area contributed by atoms with Crippen LogP contribution in [-0.2, 0) is 35.1 Å². The molecule has 6 aliphatic carbocycles. The summed E-state index contributed by atoms with van der Waals surface area (Å²) in [4.78, 5) is 72.3. The third-order valence-electron chi connectivity index (χ3n) is 19.4. The molecule has 8 rings (SSSR count). The van der Waals surface area contributed by atoms with E-state index >= 15 is 0 Å². The number of allylic oxidation sites excluding steroid dienone is 1. The van der Waals surface area contributed by atoms with Gasteiger partial charge in [-0.1, -0.05) is 106 Å². The summed E-state index contributed by atoms with van der Waals surface area (Å²) in [5.74, 6) is 0.791. The minimum Gasteiger partial charge on any atom is -0.462 e. The summed E-state index contributed by atoms with van der Waals surface area (Å²) in [5, 5.41) is 3.50. The van der Waals surface area contributed by atoms with Gasteiger partial charge >= 0.3 is 12.1 Å². The summed E-state index contributed by atoms with van der Waals surface area (Å²) >= 11 is 0. The first-order chi connectivity index (χ1) is 30.3. The molecule has 5 saturated carbocycles. The molecule has 0 unspecified atom stereocenters. The van der Waals surface area contributed by atoms with Gasteiger partial charge in [0.15, 0.2) is 11.6 Å². The summed E-state index contributed by atoms with van der Waals surface area (Å²) < 4.78 is 20.3. The number of carbonyl (C=O) groups is 4. The summed E-state index contributed by atoms with van der Waals surface area (Å²) in [7, 11) is 0. The van der Waals surface area contributed by atoms with Crippen molar-refractivity contribution < 1.29 is 37.9 Å². The zero-order chi connectivity index (χ0) is 47.7. The fraction of sp³-hybridized carbons (Fsp3) is 0.661. The number of amides is 1. The maximum absolute atomic E-state index is 14.4. The second kappa shape index (κ2) is 17.1. The van der Waals surface area contributed by atoms with E-state index in [-0.39, 0.29) is 93.4 Å². The Labute approximate surface area is 387 Å². The third-order valence-corrected chi connectivity index (χ3v) is 19.4. The molecule has 2 aromatic rings. The number of rotatable bonds is 10. The van der Waals surface area contributed by atoms with E-state index in [1.807, 2.05) is 0 Å². The molecule has 1 N–H and O–H groups in total. The molecule has 6 aliphatic rings. The number of halogens is 1. The third kappa shape index (κ3) is 8.01. The Hall–Kier alpha value is -4.23. The minimum absolute atomic E-state index is 0.00403. The molecule has 65 heavy (non-hydrogen) atoms. The van der Waals surface area contributed by atoms with Crippen molar-refractivity contribution in [2.45, 2.75) is 165 Å². The van der Waals surface area contributed by atoms with Crippen LogP contribution in [0.1, 0.15) is 163 Å². The highest BCUT2D eigenvalue weighted by molar-refractivity contribution is 6.03. The number of carbonyl (C=O) groups excluding carboxylic acids is 6. The number of ether oxygens (including phenoxy) is 1.